The third kappa shape index (κ3) is 6.48. The predicted molar refractivity (Wildman–Crippen MR) is 97.5 cm³/mol. The van der Waals surface area contributed by atoms with Gasteiger partial charge in [-0.05, 0) is 24.5 Å². The Labute approximate surface area is 149 Å². The van der Waals surface area contributed by atoms with E-state index in [1.165, 1.54) is 0 Å². The van der Waals surface area contributed by atoms with E-state index in [-0.39, 0.29) is 24.5 Å². The molecule has 1 unspecified atom stereocenters. The van der Waals surface area contributed by atoms with Gasteiger partial charge in [-0.1, -0.05) is 32.0 Å². The van der Waals surface area contributed by atoms with Gasteiger partial charge < -0.3 is 15.4 Å². The summed E-state index contributed by atoms with van der Waals surface area (Å²) < 4.78 is 5.71. The standard InChI is InChI=1S/C19H29N3O3/c1-14(2)12-22-8-9-25-16(13-22)10-20-18(23)11-21-19(24)17-7-5-4-6-15(17)3/h4-7,14,16H,8-13H2,1-3H3,(H,20,23)(H,21,24). The van der Waals surface area contributed by atoms with Crippen molar-refractivity contribution in [3.63, 3.8) is 0 Å². The number of rotatable bonds is 7. The third-order valence-electron chi connectivity index (χ3n) is 4.17. The second-order valence-electron chi connectivity index (χ2n) is 6.95. The second kappa shape index (κ2) is 9.53. The van der Waals surface area contributed by atoms with Crippen molar-refractivity contribution in [3.8, 4) is 0 Å². The molecule has 0 aliphatic carbocycles. The lowest BCUT2D eigenvalue weighted by Crippen LogP contribution is -2.49. The Balaban J connectivity index is 1.70. The molecule has 1 saturated heterocycles. The highest BCUT2D eigenvalue weighted by atomic mass is 16.5. The molecule has 1 heterocycles. The maximum atomic E-state index is 12.1. The fourth-order valence-electron chi connectivity index (χ4n) is 2.96. The van der Waals surface area contributed by atoms with Crippen LogP contribution in [0.25, 0.3) is 0 Å². The van der Waals surface area contributed by atoms with Crippen molar-refractivity contribution < 1.29 is 14.3 Å². The van der Waals surface area contributed by atoms with Crippen LogP contribution in [0.1, 0.15) is 29.8 Å². The van der Waals surface area contributed by atoms with Crippen LogP contribution in [-0.4, -0.2) is 62.1 Å². The molecule has 2 N–H and O–H groups in total. The molecule has 1 atom stereocenters. The highest BCUT2D eigenvalue weighted by Crippen LogP contribution is 2.08. The number of ether oxygens (including phenoxy) is 1. The lowest BCUT2D eigenvalue weighted by Gasteiger charge is -2.33. The monoisotopic (exact) mass is 347 g/mol. The lowest BCUT2D eigenvalue weighted by atomic mass is 10.1. The topological polar surface area (TPSA) is 70.7 Å². The first-order chi connectivity index (χ1) is 12.0. The van der Waals surface area contributed by atoms with Gasteiger partial charge in [-0.15, -0.1) is 0 Å². The Morgan fingerprint density at radius 1 is 1.28 bits per heavy atom. The van der Waals surface area contributed by atoms with Crippen molar-refractivity contribution >= 4 is 11.8 Å². The molecule has 2 amide bonds. The van der Waals surface area contributed by atoms with Crippen LogP contribution >= 0.6 is 0 Å². The molecular formula is C19H29N3O3. The van der Waals surface area contributed by atoms with E-state index < -0.39 is 0 Å². The summed E-state index contributed by atoms with van der Waals surface area (Å²) >= 11 is 0. The predicted octanol–water partition coefficient (Wildman–Crippen LogP) is 1.20. The number of morpholine rings is 1. The minimum atomic E-state index is -0.231. The van der Waals surface area contributed by atoms with Crippen LogP contribution in [0.4, 0.5) is 0 Å². The fraction of sp³-hybridized carbons (Fsp3) is 0.579. The molecule has 1 aliphatic rings. The van der Waals surface area contributed by atoms with E-state index in [1.54, 1.807) is 6.07 Å². The average Bonchev–Trinajstić information content (AvgIpc) is 2.58. The smallest absolute Gasteiger partial charge is 0.251 e. The first-order valence-electron chi connectivity index (χ1n) is 8.90. The quantitative estimate of drug-likeness (QED) is 0.777. The van der Waals surface area contributed by atoms with E-state index in [9.17, 15) is 9.59 Å². The molecule has 0 saturated carbocycles. The second-order valence-corrected chi connectivity index (χ2v) is 6.95. The Morgan fingerprint density at radius 3 is 2.76 bits per heavy atom. The van der Waals surface area contributed by atoms with Crippen molar-refractivity contribution in [2.24, 2.45) is 5.92 Å². The maximum absolute atomic E-state index is 12.1. The van der Waals surface area contributed by atoms with Crippen molar-refractivity contribution in [2.45, 2.75) is 26.9 Å². The van der Waals surface area contributed by atoms with Crippen molar-refractivity contribution in [1.82, 2.24) is 15.5 Å². The van der Waals surface area contributed by atoms with Gasteiger partial charge in [0.2, 0.25) is 5.91 Å². The first kappa shape index (κ1) is 19.4. The number of amides is 2. The molecule has 0 aromatic heterocycles. The summed E-state index contributed by atoms with van der Waals surface area (Å²) in [5.41, 5.74) is 1.48. The molecule has 25 heavy (non-hydrogen) atoms. The number of carbonyl (C=O) groups is 2. The molecule has 0 spiro atoms. The van der Waals surface area contributed by atoms with Crippen LogP contribution in [-0.2, 0) is 9.53 Å². The Bertz CT molecular complexity index is 589. The number of aryl methyl sites for hydroxylation is 1. The van der Waals surface area contributed by atoms with Crippen LogP contribution in [0.15, 0.2) is 24.3 Å². The van der Waals surface area contributed by atoms with E-state index in [1.807, 2.05) is 25.1 Å². The van der Waals surface area contributed by atoms with Gasteiger partial charge in [0.05, 0.1) is 19.3 Å². The Hall–Kier alpha value is -1.92. The molecule has 1 aromatic rings. The molecule has 138 valence electrons. The summed E-state index contributed by atoms with van der Waals surface area (Å²) in [5.74, 6) is 0.182. The summed E-state index contributed by atoms with van der Waals surface area (Å²) in [6.45, 7) is 10.2. The van der Waals surface area contributed by atoms with Gasteiger partial charge in [0.25, 0.3) is 5.91 Å². The van der Waals surface area contributed by atoms with Gasteiger partial charge >= 0.3 is 0 Å². The zero-order chi connectivity index (χ0) is 18.2. The summed E-state index contributed by atoms with van der Waals surface area (Å²) in [6, 6.07) is 7.32. The van der Waals surface area contributed by atoms with E-state index in [0.717, 1.165) is 25.2 Å². The summed E-state index contributed by atoms with van der Waals surface area (Å²) in [5, 5.41) is 5.50. The van der Waals surface area contributed by atoms with Gasteiger partial charge in [0.1, 0.15) is 0 Å². The van der Waals surface area contributed by atoms with Gasteiger partial charge in [0, 0.05) is 31.7 Å². The number of hydrogen-bond acceptors (Lipinski definition) is 4. The SMILES string of the molecule is Cc1ccccc1C(=O)NCC(=O)NCC1CN(CC(C)C)CCO1. The minimum Gasteiger partial charge on any atom is -0.374 e. The maximum Gasteiger partial charge on any atom is 0.251 e. The third-order valence-corrected chi connectivity index (χ3v) is 4.17. The minimum absolute atomic E-state index is 0.00326. The number of benzene rings is 1. The van der Waals surface area contributed by atoms with Gasteiger partial charge in [0.15, 0.2) is 0 Å². The molecule has 0 bridgehead atoms. The molecule has 1 fully saturated rings. The highest BCUT2D eigenvalue weighted by Gasteiger charge is 2.21. The number of hydrogen-bond donors (Lipinski definition) is 2. The van der Waals surface area contributed by atoms with Crippen molar-refractivity contribution in [1.29, 1.82) is 0 Å². The van der Waals surface area contributed by atoms with Crippen LogP contribution in [0, 0.1) is 12.8 Å². The summed E-state index contributed by atoms with van der Waals surface area (Å²) in [6.07, 6.45) is 0.00326. The van der Waals surface area contributed by atoms with Crippen molar-refractivity contribution in [3.05, 3.63) is 35.4 Å². The van der Waals surface area contributed by atoms with E-state index in [2.05, 4.69) is 29.4 Å². The highest BCUT2D eigenvalue weighted by molar-refractivity contribution is 5.97. The van der Waals surface area contributed by atoms with E-state index in [0.29, 0.717) is 24.6 Å². The zero-order valence-electron chi connectivity index (χ0n) is 15.4. The normalized spacial score (nSPS) is 18.2. The number of nitrogens with zero attached hydrogens (tertiary/aromatic N) is 1. The fourth-order valence-corrected chi connectivity index (χ4v) is 2.96. The Morgan fingerprint density at radius 2 is 2.04 bits per heavy atom. The van der Waals surface area contributed by atoms with Gasteiger partial charge in [-0.25, -0.2) is 0 Å². The van der Waals surface area contributed by atoms with Crippen LogP contribution < -0.4 is 10.6 Å². The lowest BCUT2D eigenvalue weighted by molar-refractivity contribution is -0.121. The van der Waals surface area contributed by atoms with Gasteiger partial charge in [-0.3, -0.25) is 14.5 Å². The first-order valence-corrected chi connectivity index (χ1v) is 8.90. The van der Waals surface area contributed by atoms with Crippen LogP contribution in [0.2, 0.25) is 0 Å². The van der Waals surface area contributed by atoms with Crippen molar-refractivity contribution in [2.75, 3.05) is 39.3 Å². The number of carbonyl (C=O) groups excluding carboxylic acids is 2. The molecule has 6 heteroatoms. The molecule has 0 radical (unpaired) electrons. The summed E-state index contributed by atoms with van der Waals surface area (Å²) in [7, 11) is 0. The Kier molecular flexibility index (Phi) is 7.40. The van der Waals surface area contributed by atoms with Crippen LogP contribution in [0.5, 0.6) is 0 Å². The summed E-state index contributed by atoms with van der Waals surface area (Å²) in [4.78, 5) is 26.4. The zero-order valence-corrected chi connectivity index (χ0v) is 15.4. The molecular weight excluding hydrogens is 318 g/mol. The van der Waals surface area contributed by atoms with E-state index >= 15 is 0 Å². The van der Waals surface area contributed by atoms with E-state index in [4.69, 9.17) is 4.74 Å². The van der Waals surface area contributed by atoms with Gasteiger partial charge in [-0.2, -0.15) is 0 Å². The molecule has 1 aliphatic heterocycles. The molecule has 2 rings (SSSR count). The molecule has 6 nitrogen and oxygen atoms in total. The molecule has 1 aromatic carbocycles. The average molecular weight is 347 g/mol. The largest absolute Gasteiger partial charge is 0.374 e. The van der Waals surface area contributed by atoms with Crippen LogP contribution in [0.3, 0.4) is 0 Å². The number of nitrogens with one attached hydrogen (secondary N) is 2.